The van der Waals surface area contributed by atoms with Gasteiger partial charge >= 0.3 is 35.8 Å². The van der Waals surface area contributed by atoms with E-state index in [0.717, 1.165) is 12.1 Å². The second kappa shape index (κ2) is 7.91. The van der Waals surface area contributed by atoms with Crippen LogP contribution in [-0.2, 0) is 0 Å². The number of non-ortho nitro benzene ring substituents is 1. The molecule has 2 atom stereocenters. The van der Waals surface area contributed by atoms with Gasteiger partial charge in [-0.15, -0.1) is 0 Å². The van der Waals surface area contributed by atoms with Crippen molar-refractivity contribution in [3.63, 3.8) is 0 Å². The van der Waals surface area contributed by atoms with E-state index >= 15 is 0 Å². The van der Waals surface area contributed by atoms with Gasteiger partial charge in [-0.1, -0.05) is 19.1 Å². The second-order valence-electron chi connectivity index (χ2n) is 6.50. The van der Waals surface area contributed by atoms with Gasteiger partial charge in [-0.05, 0) is 5.56 Å². The molecule has 4 nitrogen and oxygen atoms in total. The summed E-state index contributed by atoms with van der Waals surface area (Å²) in [6, 6.07) is 2.38. The van der Waals surface area contributed by atoms with Gasteiger partial charge in [0.2, 0.25) is 0 Å². The van der Waals surface area contributed by atoms with Crippen LogP contribution < -0.4 is 0 Å². The van der Waals surface area contributed by atoms with Crippen LogP contribution in [-0.4, -0.2) is 45.8 Å². The lowest BCUT2D eigenvalue weighted by atomic mass is 9.83. The highest BCUT2D eigenvalue weighted by molar-refractivity contribution is 5.35. The van der Waals surface area contributed by atoms with Crippen LogP contribution in [0.1, 0.15) is 18.6 Å². The van der Waals surface area contributed by atoms with Crippen LogP contribution in [0.4, 0.5) is 62.8 Å². The molecule has 1 aromatic rings. The largest absolute Gasteiger partial charge is 0.460 e. The van der Waals surface area contributed by atoms with Gasteiger partial charge in [-0.25, -0.2) is 0 Å². The predicted octanol–water partition coefficient (Wildman–Crippen LogP) is 6.00. The van der Waals surface area contributed by atoms with Gasteiger partial charge in [-0.3, -0.25) is 10.1 Å². The molecule has 0 bridgehead atoms. The average Bonchev–Trinajstić information content (AvgIpc) is 2.65. The molecule has 0 saturated heterocycles. The molecule has 0 heterocycles. The van der Waals surface area contributed by atoms with Gasteiger partial charge in [0.25, 0.3) is 5.69 Å². The molecule has 0 radical (unpaired) electrons. The van der Waals surface area contributed by atoms with Crippen molar-refractivity contribution >= 4 is 5.69 Å². The smallest absolute Gasteiger partial charge is 0.388 e. The molecule has 184 valence electrons. The molecule has 0 saturated carbocycles. The molecule has 0 fully saturated rings. The van der Waals surface area contributed by atoms with Crippen LogP contribution in [0, 0.1) is 16.0 Å². The van der Waals surface area contributed by atoms with Crippen molar-refractivity contribution in [3.8, 4) is 0 Å². The van der Waals surface area contributed by atoms with E-state index in [-0.39, 0.29) is 6.92 Å². The first-order valence-electron chi connectivity index (χ1n) is 7.86. The lowest BCUT2D eigenvalue weighted by Crippen LogP contribution is -2.71. The molecular formula is C15H10F13NO3. The molecule has 0 aliphatic rings. The first-order chi connectivity index (χ1) is 14.0. The summed E-state index contributed by atoms with van der Waals surface area (Å²) >= 11 is 0. The standard InChI is InChI=1S/C15H10F13NO3/c1-6(9(30)7-3-2-4-8(5-7)29(31)32)10(16,17)11(18,19)12(20,21)13(22,23)14(24,25)15(26,27)28/h2-6,9,30H,1H3. The third-order valence-corrected chi connectivity index (χ3v) is 4.43. The Morgan fingerprint density at radius 2 is 1.25 bits per heavy atom. The van der Waals surface area contributed by atoms with Crippen molar-refractivity contribution in [2.45, 2.75) is 48.8 Å². The molecule has 0 amide bonds. The summed E-state index contributed by atoms with van der Waals surface area (Å²) < 4.78 is 171. The van der Waals surface area contributed by atoms with E-state index in [4.69, 9.17) is 0 Å². The van der Waals surface area contributed by atoms with Gasteiger partial charge in [0, 0.05) is 12.1 Å². The fourth-order valence-corrected chi connectivity index (χ4v) is 2.38. The highest BCUT2D eigenvalue weighted by Gasteiger charge is 2.91. The Bertz CT molecular complexity index is 853. The highest BCUT2D eigenvalue weighted by atomic mass is 19.4. The minimum atomic E-state index is -8.05. The zero-order chi connectivity index (χ0) is 25.7. The van der Waals surface area contributed by atoms with Crippen molar-refractivity contribution < 1.29 is 67.1 Å². The van der Waals surface area contributed by atoms with E-state index in [1.54, 1.807) is 0 Å². The molecule has 0 spiro atoms. The molecule has 1 aromatic carbocycles. The number of nitro benzene ring substituents is 1. The quantitative estimate of drug-likeness (QED) is 0.271. The zero-order valence-electron chi connectivity index (χ0n) is 15.1. The SMILES string of the molecule is CC(C(O)c1cccc([N+](=O)[O-])c1)C(F)(F)C(F)(F)C(F)(F)C(F)(F)C(F)(F)C(F)(F)F. The Morgan fingerprint density at radius 3 is 1.66 bits per heavy atom. The van der Waals surface area contributed by atoms with Gasteiger partial charge in [0.05, 0.1) is 16.9 Å². The Morgan fingerprint density at radius 1 is 0.812 bits per heavy atom. The number of halogens is 13. The summed E-state index contributed by atoms with van der Waals surface area (Å²) in [5.74, 6) is -41.5. The minimum absolute atomic E-state index is 0.145. The molecule has 2 unspecified atom stereocenters. The van der Waals surface area contributed by atoms with E-state index in [0.29, 0.717) is 12.1 Å². The third-order valence-electron chi connectivity index (χ3n) is 4.43. The topological polar surface area (TPSA) is 63.4 Å². The Labute approximate surface area is 168 Å². The van der Waals surface area contributed by atoms with E-state index in [9.17, 15) is 72.3 Å². The zero-order valence-corrected chi connectivity index (χ0v) is 15.1. The molecule has 0 aliphatic heterocycles. The molecular weight excluding hydrogens is 489 g/mol. The van der Waals surface area contributed by atoms with E-state index in [1.807, 2.05) is 0 Å². The summed E-state index contributed by atoms with van der Waals surface area (Å²) in [5, 5.41) is 20.4. The predicted molar refractivity (Wildman–Crippen MR) is 78.0 cm³/mol. The van der Waals surface area contributed by atoms with Crippen LogP contribution in [0.5, 0.6) is 0 Å². The summed E-state index contributed by atoms with van der Waals surface area (Å²) in [7, 11) is 0. The van der Waals surface area contributed by atoms with Crippen LogP contribution in [0.3, 0.4) is 0 Å². The van der Waals surface area contributed by atoms with E-state index in [2.05, 4.69) is 0 Å². The number of hydrogen-bond acceptors (Lipinski definition) is 3. The molecule has 1 rings (SSSR count). The normalized spacial score (nSPS) is 16.6. The number of nitro groups is 1. The number of aliphatic hydroxyl groups is 1. The average molecular weight is 499 g/mol. The van der Waals surface area contributed by atoms with Gasteiger partial charge in [0.15, 0.2) is 0 Å². The van der Waals surface area contributed by atoms with Crippen LogP contribution >= 0.6 is 0 Å². The number of hydrogen-bond donors (Lipinski definition) is 1. The van der Waals surface area contributed by atoms with Gasteiger partial charge < -0.3 is 5.11 Å². The Kier molecular flexibility index (Phi) is 6.85. The molecule has 1 N–H and O–H groups in total. The second-order valence-corrected chi connectivity index (χ2v) is 6.50. The van der Waals surface area contributed by atoms with Crippen LogP contribution in [0.2, 0.25) is 0 Å². The fraction of sp³-hybridized carbons (Fsp3) is 0.600. The van der Waals surface area contributed by atoms with Crippen molar-refractivity contribution in [1.82, 2.24) is 0 Å². The molecule has 17 heteroatoms. The van der Waals surface area contributed by atoms with E-state index < -0.39 is 64.0 Å². The number of benzene rings is 1. The molecule has 0 aliphatic carbocycles. The van der Waals surface area contributed by atoms with E-state index in [1.165, 1.54) is 0 Å². The van der Waals surface area contributed by atoms with Crippen molar-refractivity contribution in [3.05, 3.63) is 39.9 Å². The number of aliphatic hydroxyl groups excluding tert-OH is 1. The fourth-order valence-electron chi connectivity index (χ4n) is 2.38. The summed E-state index contributed by atoms with van der Waals surface area (Å²) in [6.45, 7) is -0.145. The minimum Gasteiger partial charge on any atom is -0.388 e. The maximum atomic E-state index is 14.1. The first kappa shape index (κ1) is 27.7. The van der Waals surface area contributed by atoms with Gasteiger partial charge in [-0.2, -0.15) is 57.1 Å². The molecule has 0 aromatic heterocycles. The van der Waals surface area contributed by atoms with Crippen molar-refractivity contribution in [2.75, 3.05) is 0 Å². The molecule has 32 heavy (non-hydrogen) atoms. The highest BCUT2D eigenvalue weighted by Crippen LogP contribution is 2.61. The number of nitrogens with zero attached hydrogens (tertiary/aromatic N) is 1. The first-order valence-corrected chi connectivity index (χ1v) is 7.86. The summed E-state index contributed by atoms with van der Waals surface area (Å²) in [4.78, 5) is 9.48. The number of rotatable bonds is 8. The third kappa shape index (κ3) is 3.94. The number of alkyl halides is 13. The maximum Gasteiger partial charge on any atom is 0.460 e. The van der Waals surface area contributed by atoms with Gasteiger partial charge in [0.1, 0.15) is 0 Å². The monoisotopic (exact) mass is 499 g/mol. The Hall–Kier alpha value is -2.33. The maximum absolute atomic E-state index is 14.1. The summed E-state index contributed by atoms with van der Waals surface area (Å²) in [5.41, 5.74) is -1.89. The summed E-state index contributed by atoms with van der Waals surface area (Å²) in [6.07, 6.45) is -10.5. The van der Waals surface area contributed by atoms with Crippen LogP contribution in [0.25, 0.3) is 0 Å². The van der Waals surface area contributed by atoms with Crippen molar-refractivity contribution in [2.24, 2.45) is 5.92 Å². The van der Waals surface area contributed by atoms with Crippen LogP contribution in [0.15, 0.2) is 24.3 Å². The lowest BCUT2D eigenvalue weighted by molar-refractivity contribution is -0.444. The van der Waals surface area contributed by atoms with Crippen molar-refractivity contribution in [1.29, 1.82) is 0 Å². The lowest BCUT2D eigenvalue weighted by Gasteiger charge is -2.42. The Balaban J connectivity index is 3.50.